The number of esters is 1. The van der Waals surface area contributed by atoms with Crippen molar-refractivity contribution >= 4 is 34.9 Å². The van der Waals surface area contributed by atoms with E-state index in [1.807, 2.05) is 36.4 Å². The van der Waals surface area contributed by atoms with Gasteiger partial charge in [-0.1, -0.05) is 18.2 Å². The first kappa shape index (κ1) is 24.5. The van der Waals surface area contributed by atoms with E-state index in [4.69, 9.17) is 4.74 Å². The van der Waals surface area contributed by atoms with Gasteiger partial charge in [-0.25, -0.2) is 14.6 Å². The van der Waals surface area contributed by atoms with Crippen molar-refractivity contribution in [3.63, 3.8) is 0 Å². The standard InChI is InChI=1S/C31H34N4O3/c1-2-38-29(36)27-4-3-5-28(35-27)32-24-10-12-26(13-11-24)34-30(37)33-25-8-6-23(7-9-25)31-17-20-14-21(18-31)16-22(15-20)19-31/h3-13,20-22H,2,14-19H2,1H3,(H,32,35)(H2,33,34,37). The van der Waals surface area contributed by atoms with Crippen molar-refractivity contribution in [1.82, 2.24) is 4.98 Å². The number of ether oxygens (including phenoxy) is 1. The number of nitrogens with zero attached hydrogens (tertiary/aromatic N) is 1. The summed E-state index contributed by atoms with van der Waals surface area (Å²) in [6, 6.07) is 20.7. The number of anilines is 4. The molecule has 7 heteroatoms. The van der Waals surface area contributed by atoms with Crippen molar-refractivity contribution in [2.45, 2.75) is 50.9 Å². The topological polar surface area (TPSA) is 92.4 Å². The summed E-state index contributed by atoms with van der Waals surface area (Å²) in [5.41, 5.74) is 4.31. The number of amides is 2. The molecule has 0 atom stereocenters. The molecular formula is C31H34N4O3. The molecule has 4 fully saturated rings. The molecule has 7 nitrogen and oxygen atoms in total. The maximum atomic E-state index is 12.6. The fraction of sp³-hybridized carbons (Fsp3) is 0.387. The number of carbonyl (C=O) groups excluding carboxylic acids is 2. The van der Waals surface area contributed by atoms with E-state index in [9.17, 15) is 9.59 Å². The second-order valence-corrected chi connectivity index (χ2v) is 11.2. The highest BCUT2D eigenvalue weighted by Gasteiger charge is 2.51. The predicted octanol–water partition coefficient (Wildman–Crippen LogP) is 7.11. The summed E-state index contributed by atoms with van der Waals surface area (Å²) in [6.07, 6.45) is 8.33. The SMILES string of the molecule is CCOC(=O)c1cccc(Nc2ccc(NC(=O)Nc3ccc(C45CC6CC(CC(C6)C4)C5)cc3)cc2)n1. The van der Waals surface area contributed by atoms with Crippen molar-refractivity contribution in [1.29, 1.82) is 0 Å². The maximum Gasteiger partial charge on any atom is 0.356 e. The molecule has 3 aromatic rings. The predicted molar refractivity (Wildman–Crippen MR) is 149 cm³/mol. The molecule has 4 aliphatic rings. The number of urea groups is 1. The van der Waals surface area contributed by atoms with Crippen LogP contribution in [0.5, 0.6) is 0 Å². The lowest BCUT2D eigenvalue weighted by Crippen LogP contribution is -2.48. The minimum Gasteiger partial charge on any atom is -0.461 e. The highest BCUT2D eigenvalue weighted by Crippen LogP contribution is 2.60. The van der Waals surface area contributed by atoms with Gasteiger partial charge in [-0.3, -0.25) is 0 Å². The molecule has 0 saturated heterocycles. The molecule has 3 N–H and O–H groups in total. The van der Waals surface area contributed by atoms with Crippen LogP contribution in [0.2, 0.25) is 0 Å². The summed E-state index contributed by atoms with van der Waals surface area (Å²) in [5, 5.41) is 9.01. The third-order valence-electron chi connectivity index (χ3n) is 8.44. The molecule has 0 aliphatic heterocycles. The quantitative estimate of drug-likeness (QED) is 0.295. The van der Waals surface area contributed by atoms with E-state index in [0.29, 0.717) is 23.5 Å². The summed E-state index contributed by atoms with van der Waals surface area (Å²) in [4.78, 5) is 28.8. The molecule has 4 aliphatic carbocycles. The normalized spacial score (nSPS) is 25.0. The van der Waals surface area contributed by atoms with Crippen molar-refractivity contribution in [2.24, 2.45) is 17.8 Å². The first-order valence-electron chi connectivity index (χ1n) is 13.7. The first-order valence-corrected chi connectivity index (χ1v) is 13.7. The highest BCUT2D eigenvalue weighted by molar-refractivity contribution is 5.99. The van der Waals surface area contributed by atoms with Gasteiger partial charge in [0.2, 0.25) is 0 Å². The summed E-state index contributed by atoms with van der Waals surface area (Å²) < 4.78 is 5.01. The van der Waals surface area contributed by atoms with Crippen LogP contribution in [0.1, 0.15) is 61.5 Å². The molecule has 38 heavy (non-hydrogen) atoms. The Morgan fingerprint density at radius 3 is 1.95 bits per heavy atom. The molecule has 4 saturated carbocycles. The zero-order valence-corrected chi connectivity index (χ0v) is 21.7. The van der Waals surface area contributed by atoms with Crippen LogP contribution in [0, 0.1) is 17.8 Å². The lowest BCUT2D eigenvalue weighted by atomic mass is 9.48. The van der Waals surface area contributed by atoms with Crippen LogP contribution >= 0.6 is 0 Å². The Bertz CT molecular complexity index is 1280. The van der Waals surface area contributed by atoms with Crippen LogP contribution in [0.3, 0.4) is 0 Å². The number of rotatable bonds is 7. The molecule has 196 valence electrons. The Morgan fingerprint density at radius 2 is 1.37 bits per heavy atom. The van der Waals surface area contributed by atoms with E-state index < -0.39 is 5.97 Å². The summed E-state index contributed by atoms with van der Waals surface area (Å²) in [5.74, 6) is 2.82. The molecule has 2 aromatic carbocycles. The third-order valence-corrected chi connectivity index (χ3v) is 8.44. The lowest BCUT2D eigenvalue weighted by Gasteiger charge is -2.57. The molecule has 1 aromatic heterocycles. The van der Waals surface area contributed by atoms with Gasteiger partial charge >= 0.3 is 12.0 Å². The van der Waals surface area contributed by atoms with Gasteiger partial charge in [-0.15, -0.1) is 0 Å². The van der Waals surface area contributed by atoms with Gasteiger partial charge in [0.1, 0.15) is 5.82 Å². The fourth-order valence-electron chi connectivity index (χ4n) is 7.27. The fourth-order valence-corrected chi connectivity index (χ4v) is 7.27. The van der Waals surface area contributed by atoms with Crippen molar-refractivity contribution < 1.29 is 14.3 Å². The lowest BCUT2D eigenvalue weighted by molar-refractivity contribution is -0.00518. The van der Waals surface area contributed by atoms with E-state index in [1.54, 1.807) is 25.1 Å². The molecule has 4 bridgehead atoms. The van der Waals surface area contributed by atoms with Gasteiger partial charge in [0, 0.05) is 17.1 Å². The summed E-state index contributed by atoms with van der Waals surface area (Å²) >= 11 is 0. The van der Waals surface area contributed by atoms with Gasteiger partial charge in [-0.2, -0.15) is 0 Å². The number of nitrogens with one attached hydrogen (secondary N) is 3. The van der Waals surface area contributed by atoms with Gasteiger partial charge in [0.05, 0.1) is 6.61 Å². The first-order chi connectivity index (χ1) is 18.5. The van der Waals surface area contributed by atoms with Crippen molar-refractivity contribution in [3.05, 3.63) is 78.0 Å². The zero-order valence-electron chi connectivity index (χ0n) is 21.7. The van der Waals surface area contributed by atoms with Gasteiger partial charge in [0.15, 0.2) is 5.69 Å². The van der Waals surface area contributed by atoms with Crippen molar-refractivity contribution in [2.75, 3.05) is 22.6 Å². The Kier molecular flexibility index (Phi) is 6.52. The second-order valence-electron chi connectivity index (χ2n) is 11.2. The van der Waals surface area contributed by atoms with Crippen molar-refractivity contribution in [3.8, 4) is 0 Å². The molecule has 0 radical (unpaired) electrons. The molecule has 0 unspecified atom stereocenters. The molecular weight excluding hydrogens is 476 g/mol. The van der Waals surface area contributed by atoms with Crippen LogP contribution < -0.4 is 16.0 Å². The Labute approximate surface area is 223 Å². The third kappa shape index (κ3) is 5.10. The van der Waals surface area contributed by atoms with E-state index in [2.05, 4.69) is 33.1 Å². The number of hydrogen-bond acceptors (Lipinski definition) is 5. The monoisotopic (exact) mass is 510 g/mol. The molecule has 0 spiro atoms. The largest absolute Gasteiger partial charge is 0.461 e. The van der Waals surface area contributed by atoms with E-state index in [-0.39, 0.29) is 11.7 Å². The summed E-state index contributed by atoms with van der Waals surface area (Å²) in [6.45, 7) is 2.06. The van der Waals surface area contributed by atoms with E-state index in [0.717, 1.165) is 29.1 Å². The van der Waals surface area contributed by atoms with Crippen LogP contribution in [0.15, 0.2) is 66.7 Å². The second kappa shape index (κ2) is 10.1. The Balaban J connectivity index is 1.04. The van der Waals surface area contributed by atoms with Crippen LogP contribution in [0.25, 0.3) is 0 Å². The Morgan fingerprint density at radius 1 is 0.816 bits per heavy atom. The van der Waals surface area contributed by atoms with Gasteiger partial charge in [0.25, 0.3) is 0 Å². The van der Waals surface area contributed by atoms with Gasteiger partial charge in [-0.05, 0) is 123 Å². The minimum atomic E-state index is -0.455. The number of carbonyl (C=O) groups is 2. The van der Waals surface area contributed by atoms with E-state index in [1.165, 1.54) is 44.1 Å². The average Bonchev–Trinajstić information content (AvgIpc) is 2.90. The Hall–Kier alpha value is -3.87. The smallest absolute Gasteiger partial charge is 0.356 e. The molecule has 2 amide bonds. The van der Waals surface area contributed by atoms with Gasteiger partial charge < -0.3 is 20.7 Å². The maximum absolute atomic E-state index is 12.6. The molecule has 7 rings (SSSR count). The van der Waals surface area contributed by atoms with Crippen LogP contribution in [-0.4, -0.2) is 23.6 Å². The summed E-state index contributed by atoms with van der Waals surface area (Å²) in [7, 11) is 0. The average molecular weight is 511 g/mol. The number of hydrogen-bond donors (Lipinski definition) is 3. The van der Waals surface area contributed by atoms with E-state index >= 15 is 0 Å². The number of benzene rings is 2. The zero-order chi connectivity index (χ0) is 26.1. The van der Waals surface area contributed by atoms with Crippen LogP contribution in [0.4, 0.5) is 27.7 Å². The highest BCUT2D eigenvalue weighted by atomic mass is 16.5. The molecule has 1 heterocycles. The minimum absolute atomic E-state index is 0.248. The number of aromatic nitrogens is 1. The van der Waals surface area contributed by atoms with Crippen LogP contribution in [-0.2, 0) is 10.2 Å². The number of pyridine rings is 1.